The minimum atomic E-state index is -0.554. The van der Waals surface area contributed by atoms with Crippen molar-refractivity contribution in [2.75, 3.05) is 13.7 Å². The van der Waals surface area contributed by atoms with E-state index in [9.17, 15) is 4.79 Å². The van der Waals surface area contributed by atoms with Crippen LogP contribution in [0.1, 0.15) is 22.8 Å². The number of nitrogens with zero attached hydrogens (tertiary/aromatic N) is 3. The third-order valence-corrected chi connectivity index (χ3v) is 4.82. The van der Waals surface area contributed by atoms with Crippen LogP contribution in [0.3, 0.4) is 0 Å². The number of carbonyl (C=O) groups is 1. The van der Waals surface area contributed by atoms with Crippen molar-refractivity contribution in [3.63, 3.8) is 0 Å². The van der Waals surface area contributed by atoms with Gasteiger partial charge in [0.05, 0.1) is 31.3 Å². The van der Waals surface area contributed by atoms with E-state index in [4.69, 9.17) is 30.1 Å². The van der Waals surface area contributed by atoms with Crippen molar-refractivity contribution in [1.29, 1.82) is 5.41 Å². The molecule has 0 aliphatic carbocycles. The number of nitrogens with one attached hydrogen (secondary N) is 1. The fourth-order valence-corrected chi connectivity index (χ4v) is 3.19. The number of nitrogen functional groups attached to an aromatic ring is 1. The van der Waals surface area contributed by atoms with Crippen LogP contribution in [-0.4, -0.2) is 40.1 Å². The highest BCUT2D eigenvalue weighted by atomic mass is 16.5. The number of methoxy groups -OCH3 is 1. The van der Waals surface area contributed by atoms with Crippen LogP contribution in [0.4, 0.5) is 0 Å². The number of benzene rings is 2. The zero-order valence-corrected chi connectivity index (χ0v) is 19.1. The first-order valence-corrected chi connectivity index (χ1v) is 10.6. The Kier molecular flexibility index (Phi) is 6.91. The maximum absolute atomic E-state index is 12.5. The van der Waals surface area contributed by atoms with Crippen LogP contribution < -0.4 is 19.9 Å². The van der Waals surface area contributed by atoms with Crippen LogP contribution in [0.2, 0.25) is 0 Å². The standard InChI is InChI=1S/C25H23N5O5/c1-3-33-25(31)17-12-22(34-19-6-4-5-18(14-19)30-10-9-28-15-30)29-23(13-17)35-21-11-16(24(26)27)7-8-20(21)32-2/h4-15H,3H2,1-2H3,(H3,26,27). The number of nitrogens with two attached hydrogens (primary N) is 1. The number of aromatic nitrogens is 3. The number of ether oxygens (including phenoxy) is 4. The molecule has 35 heavy (non-hydrogen) atoms. The maximum atomic E-state index is 12.5. The van der Waals surface area contributed by atoms with Crippen molar-refractivity contribution >= 4 is 11.8 Å². The van der Waals surface area contributed by atoms with Gasteiger partial charge >= 0.3 is 5.97 Å². The monoisotopic (exact) mass is 473 g/mol. The van der Waals surface area contributed by atoms with Gasteiger partial charge in [0, 0.05) is 36.2 Å². The van der Waals surface area contributed by atoms with E-state index in [0.717, 1.165) is 5.69 Å². The smallest absolute Gasteiger partial charge is 0.338 e. The van der Waals surface area contributed by atoms with Gasteiger partial charge in [-0.3, -0.25) is 5.41 Å². The molecular formula is C25H23N5O5. The highest BCUT2D eigenvalue weighted by Crippen LogP contribution is 2.34. The first kappa shape index (κ1) is 23.3. The van der Waals surface area contributed by atoms with Gasteiger partial charge in [-0.05, 0) is 37.3 Å². The number of pyridine rings is 1. The number of hydrogen-bond donors (Lipinski definition) is 2. The summed E-state index contributed by atoms with van der Waals surface area (Å²) in [6.45, 7) is 1.92. The molecule has 2 aromatic heterocycles. The predicted octanol–water partition coefficient (Wildman–Crippen LogP) is 4.32. The molecule has 4 rings (SSSR count). The molecule has 0 aliphatic rings. The molecule has 0 radical (unpaired) electrons. The van der Waals surface area contributed by atoms with Crippen molar-refractivity contribution in [3.8, 4) is 34.7 Å². The second-order valence-corrected chi connectivity index (χ2v) is 7.20. The lowest BCUT2D eigenvalue weighted by Gasteiger charge is -2.14. The molecule has 0 amide bonds. The van der Waals surface area contributed by atoms with Gasteiger partial charge in [-0.25, -0.2) is 9.78 Å². The van der Waals surface area contributed by atoms with Gasteiger partial charge in [0.15, 0.2) is 11.5 Å². The Morgan fingerprint density at radius 2 is 1.83 bits per heavy atom. The average Bonchev–Trinajstić information content (AvgIpc) is 3.39. The van der Waals surface area contributed by atoms with E-state index in [1.807, 2.05) is 22.9 Å². The summed E-state index contributed by atoms with van der Waals surface area (Å²) in [6, 6.07) is 15.0. The summed E-state index contributed by atoms with van der Waals surface area (Å²) in [5.41, 5.74) is 7.08. The predicted molar refractivity (Wildman–Crippen MR) is 128 cm³/mol. The quantitative estimate of drug-likeness (QED) is 0.208. The number of hydrogen-bond acceptors (Lipinski definition) is 8. The summed E-state index contributed by atoms with van der Waals surface area (Å²) in [7, 11) is 1.49. The Bertz CT molecular complexity index is 1350. The largest absolute Gasteiger partial charge is 0.493 e. The zero-order valence-electron chi connectivity index (χ0n) is 19.1. The molecular weight excluding hydrogens is 450 g/mol. The van der Waals surface area contributed by atoms with Crippen LogP contribution in [0, 0.1) is 5.41 Å². The fraction of sp³-hybridized carbons (Fsp3) is 0.120. The molecule has 0 fully saturated rings. The molecule has 2 heterocycles. The first-order chi connectivity index (χ1) is 17.0. The number of esters is 1. The second-order valence-electron chi connectivity index (χ2n) is 7.20. The van der Waals surface area contributed by atoms with Gasteiger partial charge in [-0.2, -0.15) is 4.98 Å². The Morgan fingerprint density at radius 1 is 1.03 bits per heavy atom. The summed E-state index contributed by atoms with van der Waals surface area (Å²) in [5, 5.41) is 7.68. The summed E-state index contributed by atoms with van der Waals surface area (Å²) < 4.78 is 24.2. The van der Waals surface area contributed by atoms with Crippen LogP contribution in [0.15, 0.2) is 73.3 Å². The molecule has 4 aromatic rings. The van der Waals surface area contributed by atoms with Crippen molar-refractivity contribution in [3.05, 3.63) is 84.4 Å². The lowest BCUT2D eigenvalue weighted by molar-refractivity contribution is 0.0525. The first-order valence-electron chi connectivity index (χ1n) is 10.6. The van der Waals surface area contributed by atoms with E-state index in [-0.39, 0.29) is 35.5 Å². The summed E-state index contributed by atoms with van der Waals surface area (Å²) in [5.74, 6) is 0.654. The number of amidine groups is 1. The molecule has 0 spiro atoms. The van der Waals surface area contributed by atoms with E-state index in [1.165, 1.54) is 19.2 Å². The second kappa shape index (κ2) is 10.4. The van der Waals surface area contributed by atoms with E-state index in [1.54, 1.807) is 49.8 Å². The molecule has 0 atom stereocenters. The number of rotatable bonds is 9. The van der Waals surface area contributed by atoms with Crippen LogP contribution >= 0.6 is 0 Å². The van der Waals surface area contributed by atoms with Crippen LogP contribution in [0.25, 0.3) is 5.69 Å². The highest BCUT2D eigenvalue weighted by molar-refractivity contribution is 5.95. The summed E-state index contributed by atoms with van der Waals surface area (Å²) in [6.07, 6.45) is 5.16. The van der Waals surface area contributed by atoms with Gasteiger partial charge in [-0.1, -0.05) is 6.07 Å². The third kappa shape index (κ3) is 5.56. The van der Waals surface area contributed by atoms with Crippen molar-refractivity contribution < 1.29 is 23.7 Å². The van der Waals surface area contributed by atoms with Gasteiger partial charge in [0.1, 0.15) is 11.6 Å². The van der Waals surface area contributed by atoms with E-state index in [0.29, 0.717) is 17.1 Å². The molecule has 0 bridgehead atoms. The molecule has 10 heteroatoms. The van der Waals surface area contributed by atoms with Crippen molar-refractivity contribution in [1.82, 2.24) is 14.5 Å². The van der Waals surface area contributed by atoms with E-state index >= 15 is 0 Å². The van der Waals surface area contributed by atoms with Crippen LogP contribution in [0.5, 0.6) is 29.0 Å². The Hall–Kier alpha value is -4.86. The maximum Gasteiger partial charge on any atom is 0.338 e. The lowest BCUT2D eigenvalue weighted by Crippen LogP contribution is -2.11. The third-order valence-electron chi connectivity index (χ3n) is 4.82. The van der Waals surface area contributed by atoms with Crippen molar-refractivity contribution in [2.24, 2.45) is 5.73 Å². The Morgan fingerprint density at radius 3 is 2.51 bits per heavy atom. The van der Waals surface area contributed by atoms with Gasteiger partial charge in [0.2, 0.25) is 11.8 Å². The van der Waals surface area contributed by atoms with E-state index < -0.39 is 5.97 Å². The summed E-state index contributed by atoms with van der Waals surface area (Å²) in [4.78, 5) is 20.9. The number of carbonyl (C=O) groups excluding carboxylic acids is 1. The molecule has 0 unspecified atom stereocenters. The zero-order chi connectivity index (χ0) is 24.8. The highest BCUT2D eigenvalue weighted by Gasteiger charge is 2.16. The minimum absolute atomic E-state index is 0.0651. The molecule has 0 saturated heterocycles. The lowest BCUT2D eigenvalue weighted by atomic mass is 10.2. The summed E-state index contributed by atoms with van der Waals surface area (Å²) >= 11 is 0. The number of imidazole rings is 1. The Balaban J connectivity index is 1.70. The Labute approximate surface area is 201 Å². The average molecular weight is 473 g/mol. The van der Waals surface area contributed by atoms with Crippen LogP contribution in [-0.2, 0) is 4.74 Å². The SMILES string of the molecule is CCOC(=O)c1cc(Oc2cccc(-n3ccnc3)c2)nc(Oc2cc(C(=N)N)ccc2OC)c1. The van der Waals surface area contributed by atoms with E-state index in [2.05, 4.69) is 9.97 Å². The molecule has 10 nitrogen and oxygen atoms in total. The molecule has 178 valence electrons. The topological polar surface area (TPSA) is 135 Å². The van der Waals surface area contributed by atoms with Gasteiger partial charge in [0.25, 0.3) is 0 Å². The normalized spacial score (nSPS) is 10.5. The molecule has 0 saturated carbocycles. The molecule has 2 aromatic carbocycles. The van der Waals surface area contributed by atoms with Gasteiger partial charge < -0.3 is 29.2 Å². The van der Waals surface area contributed by atoms with Gasteiger partial charge in [-0.15, -0.1) is 0 Å². The fourth-order valence-electron chi connectivity index (χ4n) is 3.19. The molecule has 0 aliphatic heterocycles. The minimum Gasteiger partial charge on any atom is -0.493 e. The van der Waals surface area contributed by atoms with Crippen molar-refractivity contribution in [2.45, 2.75) is 6.92 Å². The molecule has 3 N–H and O–H groups in total.